The van der Waals surface area contributed by atoms with Crippen LogP contribution < -0.4 is 28.4 Å². The summed E-state index contributed by atoms with van der Waals surface area (Å²) in [4.78, 5) is 5.21. The molecule has 0 radical (unpaired) electrons. The van der Waals surface area contributed by atoms with E-state index in [2.05, 4.69) is 41.5 Å². The number of benzene rings is 4. The maximum atomic E-state index is 18.3. The second-order valence-corrected chi connectivity index (χ2v) is 16.5. The fourth-order valence-electron chi connectivity index (χ4n) is 7.73. The standard InChI is InChI=1S/C46H50BF2N3O6/c1-45(2,3)31-17-13-27(14-18-31)35-25-33(29-21-37(53-7)41(57-11)38(22-29)54-8)43-50-44-34(30-23-39(55-9)42(58-12)40(24-30)56-10)26-36(52(44)47(48,49)51(35)43)28-15-19-32(20-16-28)46(4,5)6/h13-26H,1-12H3. The third-order valence-electron chi connectivity index (χ3n) is 10.9. The van der Waals surface area contributed by atoms with Gasteiger partial charge < -0.3 is 46.0 Å². The summed E-state index contributed by atoms with van der Waals surface area (Å²) in [6.45, 7) is 8.10. The van der Waals surface area contributed by atoms with E-state index in [-0.39, 0.29) is 22.5 Å². The van der Waals surface area contributed by atoms with E-state index in [1.54, 1.807) is 36.4 Å². The van der Waals surface area contributed by atoms with Gasteiger partial charge in [0.15, 0.2) is 23.0 Å². The zero-order valence-corrected chi connectivity index (χ0v) is 35.2. The number of methoxy groups -OCH3 is 6. The van der Waals surface area contributed by atoms with Gasteiger partial charge in [-0.2, -0.15) is 0 Å². The molecule has 0 N–H and O–H groups in total. The molecule has 3 heterocycles. The van der Waals surface area contributed by atoms with E-state index in [0.29, 0.717) is 79.3 Å². The highest BCUT2D eigenvalue weighted by molar-refractivity contribution is 6.63. The summed E-state index contributed by atoms with van der Waals surface area (Å²) in [5, 5.41) is 0. The van der Waals surface area contributed by atoms with Crippen LogP contribution in [0.4, 0.5) is 14.4 Å². The lowest BCUT2D eigenvalue weighted by atomic mass is 9.86. The first kappa shape index (κ1) is 40.2. The number of aromatic nitrogens is 1. The van der Waals surface area contributed by atoms with Crippen LogP contribution >= 0.6 is 0 Å². The number of ether oxygens (including phenoxy) is 6. The van der Waals surface area contributed by atoms with Crippen molar-refractivity contribution in [2.75, 3.05) is 42.7 Å². The molecule has 0 saturated heterocycles. The molecule has 0 fully saturated rings. The third kappa shape index (κ3) is 6.68. The topological polar surface area (TPSA) is 75.7 Å². The van der Waals surface area contributed by atoms with Crippen LogP contribution in [0.3, 0.4) is 0 Å². The number of fused-ring (bicyclic) bond motifs is 2. The average Bonchev–Trinajstić information content (AvgIpc) is 3.80. The van der Waals surface area contributed by atoms with Crippen LogP contribution in [-0.4, -0.2) is 70.1 Å². The lowest BCUT2D eigenvalue weighted by Crippen LogP contribution is -2.53. The summed E-state index contributed by atoms with van der Waals surface area (Å²) < 4.78 is 72.8. The zero-order chi connectivity index (χ0) is 41.9. The molecule has 7 rings (SSSR count). The van der Waals surface area contributed by atoms with Crippen molar-refractivity contribution in [3.63, 3.8) is 0 Å². The van der Waals surface area contributed by atoms with E-state index in [1.165, 1.54) is 42.7 Å². The third-order valence-corrected chi connectivity index (χ3v) is 10.9. The largest absolute Gasteiger partial charge is 0.642 e. The Morgan fingerprint density at radius 3 is 1.40 bits per heavy atom. The maximum absolute atomic E-state index is 18.3. The summed E-state index contributed by atoms with van der Waals surface area (Å²) in [5.74, 6) is 2.42. The molecule has 4 aromatic carbocycles. The molecule has 58 heavy (non-hydrogen) atoms. The van der Waals surface area contributed by atoms with Crippen molar-refractivity contribution >= 4 is 29.9 Å². The van der Waals surface area contributed by atoms with Crippen LogP contribution in [0, 0.1) is 0 Å². The Kier molecular flexibility index (Phi) is 10.2. The van der Waals surface area contributed by atoms with E-state index >= 15 is 8.63 Å². The number of aliphatic imine (C=N–C) groups is 1. The molecule has 1 aromatic heterocycles. The second-order valence-electron chi connectivity index (χ2n) is 16.5. The van der Waals surface area contributed by atoms with Gasteiger partial charge in [-0.05, 0) is 80.0 Å². The van der Waals surface area contributed by atoms with Crippen LogP contribution in [0.15, 0.2) is 89.9 Å². The van der Waals surface area contributed by atoms with Crippen molar-refractivity contribution in [2.24, 2.45) is 4.99 Å². The molecule has 2 aliphatic rings. The number of amidine groups is 1. The van der Waals surface area contributed by atoms with Gasteiger partial charge in [-0.1, -0.05) is 90.1 Å². The summed E-state index contributed by atoms with van der Waals surface area (Å²) >= 11 is 0. The number of allylic oxidation sites excluding steroid dienone is 1. The molecule has 0 atom stereocenters. The Morgan fingerprint density at radius 1 is 0.552 bits per heavy atom. The molecule has 0 saturated carbocycles. The molecule has 0 spiro atoms. The molecule has 12 heteroatoms. The lowest BCUT2D eigenvalue weighted by molar-refractivity contribution is -0.291. The molecule has 0 amide bonds. The minimum absolute atomic E-state index is 0.0723. The average molecular weight is 790 g/mol. The Labute approximate surface area is 339 Å². The Hall–Kier alpha value is -6.04. The molecule has 0 bridgehead atoms. The second kappa shape index (κ2) is 14.7. The first-order chi connectivity index (χ1) is 27.5. The van der Waals surface area contributed by atoms with Gasteiger partial charge in [0, 0.05) is 16.8 Å². The van der Waals surface area contributed by atoms with Gasteiger partial charge in [0.25, 0.3) is 5.84 Å². The summed E-state index contributed by atoms with van der Waals surface area (Å²) in [6.07, 6.45) is 1.77. The highest BCUT2D eigenvalue weighted by atomic mass is 19.2. The highest BCUT2D eigenvalue weighted by Crippen LogP contribution is 2.50. The van der Waals surface area contributed by atoms with Gasteiger partial charge in [0.1, 0.15) is 0 Å². The Bertz CT molecular complexity index is 2460. The summed E-state index contributed by atoms with van der Waals surface area (Å²) in [6, 6.07) is 24.3. The Morgan fingerprint density at radius 2 is 0.983 bits per heavy atom. The molecule has 5 aromatic rings. The van der Waals surface area contributed by atoms with E-state index < -0.39 is 6.97 Å². The first-order valence-corrected chi connectivity index (χ1v) is 19.1. The monoisotopic (exact) mass is 789 g/mol. The Balaban J connectivity index is 1.57. The molecule has 0 aliphatic carbocycles. The minimum atomic E-state index is -4.62. The molecule has 9 nitrogen and oxygen atoms in total. The first-order valence-electron chi connectivity index (χ1n) is 19.1. The number of rotatable bonds is 10. The van der Waals surface area contributed by atoms with Gasteiger partial charge in [0.05, 0.1) is 53.9 Å². The lowest BCUT2D eigenvalue weighted by Gasteiger charge is -2.32. The van der Waals surface area contributed by atoms with E-state index in [1.807, 2.05) is 48.5 Å². The predicted octanol–water partition coefficient (Wildman–Crippen LogP) is 10.3. The predicted molar refractivity (Wildman–Crippen MR) is 228 cm³/mol. The van der Waals surface area contributed by atoms with Crippen LogP contribution in [0.1, 0.15) is 63.8 Å². The van der Waals surface area contributed by atoms with E-state index in [9.17, 15) is 0 Å². The van der Waals surface area contributed by atoms with Crippen LogP contribution in [0.5, 0.6) is 34.5 Å². The van der Waals surface area contributed by atoms with Crippen LogP contribution in [0.25, 0.3) is 28.0 Å². The van der Waals surface area contributed by atoms with Gasteiger partial charge >= 0.3 is 6.97 Å². The zero-order valence-electron chi connectivity index (χ0n) is 35.2. The van der Waals surface area contributed by atoms with Gasteiger partial charge in [-0.25, -0.2) is 0 Å². The fourth-order valence-corrected chi connectivity index (χ4v) is 7.73. The maximum Gasteiger partial charge on any atom is 0.642 e. The van der Waals surface area contributed by atoms with Crippen molar-refractivity contribution in [1.29, 1.82) is 0 Å². The van der Waals surface area contributed by atoms with Crippen molar-refractivity contribution in [1.82, 2.24) is 4.48 Å². The summed E-state index contributed by atoms with van der Waals surface area (Å²) in [7, 11) is 9.12. The van der Waals surface area contributed by atoms with Crippen molar-refractivity contribution < 1.29 is 41.5 Å². The van der Waals surface area contributed by atoms with E-state index in [0.717, 1.165) is 20.1 Å². The van der Waals surface area contributed by atoms with Gasteiger partial charge in [-0.15, -0.1) is 0 Å². The number of hydrogen-bond acceptors (Lipinski definition) is 7. The SMILES string of the molecule is COc1cc(C2=CC(c3ccc(C(C)(C)C)cc3)=[N+]3C2=Nc2c(-c4cc(OC)c(OC)c(OC)c4)cc(-c4ccc(C(C)(C)C)cc4)n2[B-]3(F)F)cc(OC)c1OC. The van der Waals surface area contributed by atoms with Crippen LogP contribution in [0.2, 0.25) is 0 Å². The molecule has 0 unspecified atom stereocenters. The summed E-state index contributed by atoms with van der Waals surface area (Å²) in [5.41, 5.74) is 5.73. The number of hydrogen-bond donors (Lipinski definition) is 0. The van der Waals surface area contributed by atoms with Crippen molar-refractivity contribution in [3.8, 4) is 56.9 Å². The normalized spacial score (nSPS) is 14.7. The molecular formula is C46H50BF2N3O6. The van der Waals surface area contributed by atoms with E-state index in [4.69, 9.17) is 33.4 Å². The van der Waals surface area contributed by atoms with Gasteiger partial charge in [0.2, 0.25) is 17.3 Å². The molecular weight excluding hydrogens is 739 g/mol. The fraction of sp³-hybridized carbons (Fsp3) is 0.304. The van der Waals surface area contributed by atoms with Crippen LogP contribution in [-0.2, 0) is 10.8 Å². The van der Waals surface area contributed by atoms with Crippen molar-refractivity contribution in [2.45, 2.75) is 52.4 Å². The van der Waals surface area contributed by atoms with Crippen molar-refractivity contribution in [3.05, 3.63) is 107 Å². The number of halogens is 2. The molecule has 2 aliphatic heterocycles. The highest BCUT2D eigenvalue weighted by Gasteiger charge is 2.54. The smallest absolute Gasteiger partial charge is 0.493 e. The number of nitrogens with zero attached hydrogens (tertiary/aromatic N) is 3. The van der Waals surface area contributed by atoms with Gasteiger partial charge in [-0.3, -0.25) is 0 Å². The minimum Gasteiger partial charge on any atom is -0.493 e. The molecule has 302 valence electrons. The quantitative estimate of drug-likeness (QED) is 0.131.